The number of nitrogens with zero attached hydrogens (tertiary/aromatic N) is 1. The van der Waals surface area contributed by atoms with Crippen molar-refractivity contribution in [2.75, 3.05) is 19.7 Å². The lowest BCUT2D eigenvalue weighted by Gasteiger charge is -2.21. The van der Waals surface area contributed by atoms with Gasteiger partial charge in [0.1, 0.15) is 18.1 Å². The van der Waals surface area contributed by atoms with Gasteiger partial charge in [-0.1, -0.05) is 0 Å². The number of aliphatic carboxylic acids is 1. The normalized spacial score (nSPS) is 13.7. The zero-order valence-corrected chi connectivity index (χ0v) is 16.5. The smallest absolute Gasteiger partial charge is 0.326 e. The summed E-state index contributed by atoms with van der Waals surface area (Å²) in [6, 6.07) is -3.42. The number of hydrogen-bond donors (Lipinski definition) is 8. The van der Waals surface area contributed by atoms with Gasteiger partial charge in [0.05, 0.1) is 19.5 Å². The highest BCUT2D eigenvalue weighted by Crippen LogP contribution is 2.04. The first-order valence-electron chi connectivity index (χ1n) is 9.42. The van der Waals surface area contributed by atoms with Crippen LogP contribution in [0.4, 0.5) is 0 Å². The molecule has 0 radical (unpaired) electrons. The number of nitrogens with two attached hydrogens (primary N) is 2. The lowest BCUT2D eigenvalue weighted by molar-refractivity contribution is -0.142. The SMILES string of the molecule is NCCCC[C@H](NC(=O)[C@H](Cc1cnc[nH]1)NC(=O)CNC(=O)[C@@H](N)CO)C(=O)O. The van der Waals surface area contributed by atoms with Crippen LogP contribution in [0.15, 0.2) is 12.5 Å². The standard InChI is InChI=1S/C17H29N7O6/c18-4-2-1-3-12(17(29)30)24-16(28)13(5-10-6-20-9-22-10)23-14(26)7-21-15(27)11(19)8-25/h6,9,11-13,25H,1-5,7-8,18-19H2,(H,20,22)(H,21,27)(H,23,26)(H,24,28)(H,29,30)/t11-,12-,13-/m0/s1. The van der Waals surface area contributed by atoms with Crippen LogP contribution in [0.3, 0.4) is 0 Å². The predicted octanol–water partition coefficient (Wildman–Crippen LogP) is -3.43. The Morgan fingerprint density at radius 3 is 2.43 bits per heavy atom. The summed E-state index contributed by atoms with van der Waals surface area (Å²) in [6.45, 7) is -0.651. The Labute approximate surface area is 173 Å². The van der Waals surface area contributed by atoms with Crippen molar-refractivity contribution in [2.24, 2.45) is 11.5 Å². The molecule has 13 nitrogen and oxygen atoms in total. The number of aliphatic hydroxyl groups excluding tert-OH is 1. The van der Waals surface area contributed by atoms with Gasteiger partial charge in [0, 0.05) is 18.3 Å². The third-order valence-electron chi connectivity index (χ3n) is 4.15. The number of aromatic amines is 1. The predicted molar refractivity (Wildman–Crippen MR) is 105 cm³/mol. The number of aromatic nitrogens is 2. The molecule has 0 spiro atoms. The number of H-pyrrole nitrogens is 1. The minimum atomic E-state index is -1.20. The molecule has 168 valence electrons. The third kappa shape index (κ3) is 8.98. The number of carboxylic acid groups (broad SMARTS) is 1. The molecule has 0 aromatic carbocycles. The fourth-order valence-corrected chi connectivity index (χ4v) is 2.47. The Morgan fingerprint density at radius 2 is 1.87 bits per heavy atom. The molecule has 0 aliphatic carbocycles. The summed E-state index contributed by atoms with van der Waals surface area (Å²) in [5.41, 5.74) is 11.3. The molecule has 1 heterocycles. The number of aliphatic hydroxyl groups is 1. The summed E-state index contributed by atoms with van der Waals surface area (Å²) in [6.07, 6.45) is 4.21. The molecule has 0 bridgehead atoms. The second-order valence-corrected chi connectivity index (χ2v) is 6.59. The van der Waals surface area contributed by atoms with E-state index < -0.39 is 55.0 Å². The Hall–Kier alpha value is -3.03. The van der Waals surface area contributed by atoms with Crippen molar-refractivity contribution >= 4 is 23.7 Å². The molecule has 0 aliphatic rings. The van der Waals surface area contributed by atoms with Crippen LogP contribution in [0.25, 0.3) is 0 Å². The van der Waals surface area contributed by atoms with Crippen molar-refractivity contribution in [2.45, 2.75) is 43.8 Å². The Kier molecular flexibility index (Phi) is 11.0. The van der Waals surface area contributed by atoms with E-state index in [-0.39, 0.29) is 12.8 Å². The lowest BCUT2D eigenvalue weighted by Crippen LogP contribution is -2.54. The van der Waals surface area contributed by atoms with Gasteiger partial charge in [-0.15, -0.1) is 0 Å². The van der Waals surface area contributed by atoms with E-state index in [9.17, 15) is 24.3 Å². The Bertz CT molecular complexity index is 697. The van der Waals surface area contributed by atoms with Crippen molar-refractivity contribution in [1.82, 2.24) is 25.9 Å². The summed E-state index contributed by atoms with van der Waals surface area (Å²) in [5, 5.41) is 25.3. The van der Waals surface area contributed by atoms with Gasteiger partial charge in [-0.3, -0.25) is 14.4 Å². The maximum absolute atomic E-state index is 12.7. The number of carbonyl (C=O) groups excluding carboxylic acids is 3. The topological polar surface area (TPSA) is 226 Å². The molecule has 0 saturated heterocycles. The Morgan fingerprint density at radius 1 is 1.13 bits per heavy atom. The minimum Gasteiger partial charge on any atom is -0.480 e. The van der Waals surface area contributed by atoms with E-state index >= 15 is 0 Å². The second kappa shape index (κ2) is 13.2. The van der Waals surface area contributed by atoms with Gasteiger partial charge < -0.3 is 42.6 Å². The number of carbonyl (C=O) groups is 4. The van der Waals surface area contributed by atoms with Gasteiger partial charge in [0.2, 0.25) is 17.7 Å². The van der Waals surface area contributed by atoms with Crippen molar-refractivity contribution in [1.29, 1.82) is 0 Å². The van der Waals surface area contributed by atoms with Gasteiger partial charge >= 0.3 is 5.97 Å². The largest absolute Gasteiger partial charge is 0.480 e. The van der Waals surface area contributed by atoms with Crippen molar-refractivity contribution < 1.29 is 29.4 Å². The average molecular weight is 427 g/mol. The van der Waals surface area contributed by atoms with Gasteiger partial charge in [0.15, 0.2) is 0 Å². The molecule has 0 saturated carbocycles. The van der Waals surface area contributed by atoms with Gasteiger partial charge in [-0.2, -0.15) is 0 Å². The highest BCUT2D eigenvalue weighted by Gasteiger charge is 2.27. The van der Waals surface area contributed by atoms with Crippen molar-refractivity contribution in [3.05, 3.63) is 18.2 Å². The van der Waals surface area contributed by atoms with Gasteiger partial charge in [-0.25, -0.2) is 9.78 Å². The lowest BCUT2D eigenvalue weighted by atomic mass is 10.1. The number of unbranched alkanes of at least 4 members (excludes halogenated alkanes) is 1. The highest BCUT2D eigenvalue weighted by atomic mass is 16.4. The molecule has 3 atom stereocenters. The first-order chi connectivity index (χ1) is 14.3. The summed E-state index contributed by atoms with van der Waals surface area (Å²) in [5.74, 6) is -3.31. The summed E-state index contributed by atoms with van der Waals surface area (Å²) >= 11 is 0. The van der Waals surface area contributed by atoms with E-state index in [0.717, 1.165) is 0 Å². The quantitative estimate of drug-likeness (QED) is 0.138. The second-order valence-electron chi connectivity index (χ2n) is 6.59. The fraction of sp³-hybridized carbons (Fsp3) is 0.588. The maximum atomic E-state index is 12.7. The summed E-state index contributed by atoms with van der Waals surface area (Å²) < 4.78 is 0. The fourth-order valence-electron chi connectivity index (χ4n) is 2.47. The zero-order valence-electron chi connectivity index (χ0n) is 16.5. The van der Waals surface area contributed by atoms with Crippen LogP contribution < -0.4 is 27.4 Å². The third-order valence-corrected chi connectivity index (χ3v) is 4.15. The molecule has 30 heavy (non-hydrogen) atoms. The molecule has 1 rings (SSSR count). The zero-order chi connectivity index (χ0) is 22.5. The van der Waals surface area contributed by atoms with Crippen LogP contribution in [0.2, 0.25) is 0 Å². The molecule has 3 amide bonds. The van der Waals surface area contributed by atoms with Crippen LogP contribution in [0, 0.1) is 0 Å². The molecule has 0 fully saturated rings. The van der Waals surface area contributed by atoms with Crippen molar-refractivity contribution in [3.63, 3.8) is 0 Å². The van der Waals surface area contributed by atoms with E-state index in [1.807, 2.05) is 0 Å². The van der Waals surface area contributed by atoms with E-state index in [4.69, 9.17) is 16.6 Å². The molecular weight excluding hydrogens is 398 g/mol. The van der Waals surface area contributed by atoms with Crippen LogP contribution >= 0.6 is 0 Å². The van der Waals surface area contributed by atoms with Crippen molar-refractivity contribution in [3.8, 4) is 0 Å². The number of carboxylic acids is 1. The highest BCUT2D eigenvalue weighted by molar-refractivity contribution is 5.92. The van der Waals surface area contributed by atoms with Crippen LogP contribution in [0.5, 0.6) is 0 Å². The Balaban J connectivity index is 2.76. The van der Waals surface area contributed by atoms with Crippen LogP contribution in [-0.4, -0.2) is 81.7 Å². The van der Waals surface area contributed by atoms with E-state index in [1.165, 1.54) is 12.5 Å². The summed E-state index contributed by atoms with van der Waals surface area (Å²) in [4.78, 5) is 54.5. The van der Waals surface area contributed by atoms with Crippen LogP contribution in [0.1, 0.15) is 25.0 Å². The molecule has 13 heteroatoms. The van der Waals surface area contributed by atoms with E-state index in [2.05, 4.69) is 25.9 Å². The number of rotatable bonds is 14. The van der Waals surface area contributed by atoms with E-state index in [1.54, 1.807) is 0 Å². The monoisotopic (exact) mass is 427 g/mol. The van der Waals surface area contributed by atoms with E-state index in [0.29, 0.717) is 25.1 Å². The van der Waals surface area contributed by atoms with Gasteiger partial charge in [0.25, 0.3) is 0 Å². The molecule has 1 aromatic heterocycles. The van der Waals surface area contributed by atoms with Gasteiger partial charge in [-0.05, 0) is 25.8 Å². The summed E-state index contributed by atoms with van der Waals surface area (Å²) in [7, 11) is 0. The number of amides is 3. The minimum absolute atomic E-state index is 0.0246. The molecule has 0 aliphatic heterocycles. The molecular formula is C17H29N7O6. The maximum Gasteiger partial charge on any atom is 0.326 e. The molecule has 1 aromatic rings. The first-order valence-corrected chi connectivity index (χ1v) is 9.42. The van der Waals surface area contributed by atoms with Crippen LogP contribution in [-0.2, 0) is 25.6 Å². The number of imidazole rings is 1. The molecule has 0 unspecified atom stereocenters. The number of nitrogens with one attached hydrogen (secondary N) is 4. The number of hydrogen-bond acceptors (Lipinski definition) is 8. The average Bonchev–Trinajstić information content (AvgIpc) is 3.23. The molecule has 10 N–H and O–H groups in total. The first kappa shape index (κ1) is 25.0.